The first-order valence-electron chi connectivity index (χ1n) is 7.47. The first kappa shape index (κ1) is 15.2. The monoisotopic (exact) mass is 289 g/mol. The molecule has 1 atom stereocenters. The number of hydrogen-bond donors (Lipinski definition) is 1. The van der Waals surface area contributed by atoms with Gasteiger partial charge in [-0.25, -0.2) is 8.42 Å². The number of rotatable bonds is 6. The summed E-state index contributed by atoms with van der Waals surface area (Å²) in [6.07, 6.45) is 2.02. The number of hydrogen-bond acceptors (Lipinski definition) is 5. The molecule has 0 amide bonds. The van der Waals surface area contributed by atoms with Crippen LogP contribution in [0.25, 0.3) is 0 Å². The molecular weight excluding hydrogens is 262 g/mol. The van der Waals surface area contributed by atoms with Gasteiger partial charge in [-0.3, -0.25) is 4.90 Å². The summed E-state index contributed by atoms with van der Waals surface area (Å²) in [5.41, 5.74) is 0. The Labute approximate surface area is 117 Å². The highest BCUT2D eigenvalue weighted by Gasteiger charge is 2.27. The Kier molecular flexibility index (Phi) is 5.62. The maximum Gasteiger partial charge on any atom is 0.151 e. The minimum absolute atomic E-state index is 0.186. The van der Waals surface area contributed by atoms with E-state index in [2.05, 4.69) is 22.0 Å². The second-order valence-corrected chi connectivity index (χ2v) is 7.97. The molecule has 0 aliphatic carbocycles. The fraction of sp³-hybridized carbons (Fsp3) is 1.00. The van der Waals surface area contributed by atoms with Crippen LogP contribution in [0.1, 0.15) is 19.8 Å². The highest BCUT2D eigenvalue weighted by Crippen LogP contribution is 2.11. The lowest BCUT2D eigenvalue weighted by atomic mass is 10.2. The van der Waals surface area contributed by atoms with Crippen molar-refractivity contribution in [3.63, 3.8) is 0 Å². The summed E-state index contributed by atoms with van der Waals surface area (Å²) in [7, 11) is -2.75. The highest BCUT2D eigenvalue weighted by molar-refractivity contribution is 7.91. The molecule has 1 unspecified atom stereocenters. The third-order valence-corrected chi connectivity index (χ3v) is 5.87. The molecule has 5 nitrogen and oxygen atoms in total. The van der Waals surface area contributed by atoms with E-state index in [4.69, 9.17) is 0 Å². The van der Waals surface area contributed by atoms with Gasteiger partial charge in [0, 0.05) is 45.3 Å². The van der Waals surface area contributed by atoms with Gasteiger partial charge in [-0.2, -0.15) is 0 Å². The van der Waals surface area contributed by atoms with E-state index in [1.165, 1.54) is 26.1 Å². The highest BCUT2D eigenvalue weighted by atomic mass is 32.2. The van der Waals surface area contributed by atoms with Crippen molar-refractivity contribution in [3.05, 3.63) is 0 Å². The van der Waals surface area contributed by atoms with Crippen LogP contribution in [0.2, 0.25) is 0 Å². The Hall–Kier alpha value is -0.170. The number of sulfone groups is 1. The zero-order chi connectivity index (χ0) is 13.7. The van der Waals surface area contributed by atoms with E-state index in [0.29, 0.717) is 11.5 Å². The molecule has 0 aromatic rings. The zero-order valence-electron chi connectivity index (χ0n) is 12.0. The van der Waals surface area contributed by atoms with Crippen molar-refractivity contribution >= 4 is 9.84 Å². The van der Waals surface area contributed by atoms with Gasteiger partial charge in [0.15, 0.2) is 9.84 Å². The summed E-state index contributed by atoms with van der Waals surface area (Å²) in [6, 6.07) is 0.186. The Morgan fingerprint density at radius 1 is 1.11 bits per heavy atom. The van der Waals surface area contributed by atoms with Crippen LogP contribution >= 0.6 is 0 Å². The molecule has 2 rings (SSSR count). The topological polar surface area (TPSA) is 52.6 Å². The number of nitrogens with one attached hydrogen (secondary N) is 1. The molecule has 0 spiro atoms. The van der Waals surface area contributed by atoms with Crippen LogP contribution in [-0.4, -0.2) is 81.6 Å². The van der Waals surface area contributed by atoms with Crippen molar-refractivity contribution in [3.8, 4) is 0 Å². The number of piperazine rings is 1. The molecule has 0 radical (unpaired) electrons. The van der Waals surface area contributed by atoms with Gasteiger partial charge in [0.1, 0.15) is 0 Å². The third-order valence-electron chi connectivity index (χ3n) is 4.10. The Morgan fingerprint density at radius 2 is 1.74 bits per heavy atom. The Morgan fingerprint density at radius 3 is 2.26 bits per heavy atom. The summed E-state index contributed by atoms with van der Waals surface area (Å²) >= 11 is 0. The van der Waals surface area contributed by atoms with E-state index in [9.17, 15) is 8.42 Å². The molecule has 0 saturated carbocycles. The molecule has 2 saturated heterocycles. The van der Waals surface area contributed by atoms with Crippen molar-refractivity contribution in [2.45, 2.75) is 25.8 Å². The maximum absolute atomic E-state index is 11.3. The smallest absolute Gasteiger partial charge is 0.151 e. The van der Waals surface area contributed by atoms with Crippen LogP contribution < -0.4 is 5.32 Å². The lowest BCUT2D eigenvalue weighted by Crippen LogP contribution is -2.48. The molecule has 1 N–H and O–H groups in total. The van der Waals surface area contributed by atoms with Crippen molar-refractivity contribution < 1.29 is 8.42 Å². The normalized spacial score (nSPS) is 28.8. The fourth-order valence-corrected chi connectivity index (χ4v) is 4.64. The predicted octanol–water partition coefficient (Wildman–Crippen LogP) is -0.209. The average molecular weight is 289 g/mol. The minimum Gasteiger partial charge on any atom is -0.312 e. The zero-order valence-corrected chi connectivity index (χ0v) is 12.8. The van der Waals surface area contributed by atoms with Crippen molar-refractivity contribution in [1.82, 2.24) is 15.1 Å². The standard InChI is InChI=1S/C13H27N3O2S/c1-2-5-15-7-9-16(10-8-15)6-4-14-13-3-11-19(17,18)12-13/h13-14H,2-12H2,1H3. The van der Waals surface area contributed by atoms with E-state index in [1.807, 2.05) is 0 Å². The molecular formula is C13H27N3O2S. The first-order chi connectivity index (χ1) is 9.09. The van der Waals surface area contributed by atoms with Gasteiger partial charge in [-0.1, -0.05) is 6.92 Å². The number of nitrogens with zero attached hydrogens (tertiary/aromatic N) is 2. The van der Waals surface area contributed by atoms with Gasteiger partial charge in [0.05, 0.1) is 11.5 Å². The lowest BCUT2D eigenvalue weighted by Gasteiger charge is -2.34. The molecule has 19 heavy (non-hydrogen) atoms. The Bertz CT molecular complexity index is 364. The SMILES string of the molecule is CCCN1CCN(CCNC2CCS(=O)(=O)C2)CC1. The maximum atomic E-state index is 11.3. The summed E-state index contributed by atoms with van der Waals surface area (Å²) in [5, 5.41) is 3.39. The second-order valence-electron chi connectivity index (χ2n) is 5.74. The predicted molar refractivity (Wildman–Crippen MR) is 78.2 cm³/mol. The largest absolute Gasteiger partial charge is 0.312 e. The van der Waals surface area contributed by atoms with E-state index >= 15 is 0 Å². The summed E-state index contributed by atoms with van der Waals surface area (Å²) in [4.78, 5) is 5.00. The van der Waals surface area contributed by atoms with Crippen LogP contribution in [0.15, 0.2) is 0 Å². The van der Waals surface area contributed by atoms with Gasteiger partial charge in [-0.05, 0) is 19.4 Å². The van der Waals surface area contributed by atoms with E-state index in [0.717, 1.165) is 32.6 Å². The van der Waals surface area contributed by atoms with Crippen LogP contribution in [0, 0.1) is 0 Å². The summed E-state index contributed by atoms with van der Waals surface area (Å²) in [6.45, 7) is 10.0. The molecule has 0 aromatic heterocycles. The molecule has 6 heteroatoms. The summed E-state index contributed by atoms with van der Waals surface area (Å²) in [5.74, 6) is 0.692. The van der Waals surface area contributed by atoms with Gasteiger partial charge in [0.2, 0.25) is 0 Å². The lowest BCUT2D eigenvalue weighted by molar-refractivity contribution is 0.132. The quantitative estimate of drug-likeness (QED) is 0.733. The van der Waals surface area contributed by atoms with E-state index in [-0.39, 0.29) is 6.04 Å². The van der Waals surface area contributed by atoms with Crippen molar-refractivity contribution in [2.24, 2.45) is 0 Å². The molecule has 0 bridgehead atoms. The molecule has 2 fully saturated rings. The van der Waals surface area contributed by atoms with Crippen LogP contribution in [-0.2, 0) is 9.84 Å². The molecule has 0 aromatic carbocycles. The molecule has 2 aliphatic heterocycles. The molecule has 2 heterocycles. The summed E-state index contributed by atoms with van der Waals surface area (Å²) < 4.78 is 22.7. The Balaban J connectivity index is 1.57. The first-order valence-corrected chi connectivity index (χ1v) is 9.30. The molecule has 112 valence electrons. The second kappa shape index (κ2) is 7.02. The van der Waals surface area contributed by atoms with Crippen LogP contribution in [0.5, 0.6) is 0 Å². The van der Waals surface area contributed by atoms with Crippen molar-refractivity contribution in [1.29, 1.82) is 0 Å². The van der Waals surface area contributed by atoms with Gasteiger partial charge >= 0.3 is 0 Å². The van der Waals surface area contributed by atoms with Crippen LogP contribution in [0.3, 0.4) is 0 Å². The van der Waals surface area contributed by atoms with E-state index < -0.39 is 9.84 Å². The average Bonchev–Trinajstić information content (AvgIpc) is 2.72. The molecule has 2 aliphatic rings. The van der Waals surface area contributed by atoms with Gasteiger partial charge in [0.25, 0.3) is 0 Å². The van der Waals surface area contributed by atoms with Crippen LogP contribution in [0.4, 0.5) is 0 Å². The van der Waals surface area contributed by atoms with Gasteiger partial charge in [-0.15, -0.1) is 0 Å². The van der Waals surface area contributed by atoms with Crippen molar-refractivity contribution in [2.75, 3.05) is 57.3 Å². The van der Waals surface area contributed by atoms with Gasteiger partial charge < -0.3 is 10.2 Å². The third kappa shape index (κ3) is 5.02. The fourth-order valence-electron chi connectivity index (χ4n) is 2.94. The minimum atomic E-state index is -2.75. The van der Waals surface area contributed by atoms with E-state index in [1.54, 1.807) is 0 Å².